The molecule has 0 aliphatic heterocycles. The third kappa shape index (κ3) is 3.93. The molecule has 2 aromatic rings. The fourth-order valence-corrected chi connectivity index (χ4v) is 2.10. The second kappa shape index (κ2) is 7.61. The Morgan fingerprint density at radius 3 is 2.71 bits per heavy atom. The van der Waals surface area contributed by atoms with Crippen LogP contribution in [0.3, 0.4) is 0 Å². The van der Waals surface area contributed by atoms with E-state index in [1.165, 1.54) is 0 Å². The van der Waals surface area contributed by atoms with Gasteiger partial charge in [0, 0.05) is 30.6 Å². The van der Waals surface area contributed by atoms with Crippen molar-refractivity contribution in [3.8, 4) is 11.5 Å². The predicted octanol–water partition coefficient (Wildman–Crippen LogP) is 1.92. The molecule has 5 nitrogen and oxygen atoms in total. The zero-order valence-electron chi connectivity index (χ0n) is 12.2. The molecule has 0 spiro atoms. The average molecular weight is 288 g/mol. The standard InChI is InChI=1S/C16H20N2O3/c1-20-14-6-5-13(16(8-14)21-2)10-18-15(11-19)12-4-3-7-17-9-12/h3-9,15,18-19H,10-11H2,1-2H3. The fourth-order valence-electron chi connectivity index (χ4n) is 2.10. The van der Waals surface area contributed by atoms with E-state index in [0.717, 1.165) is 22.6 Å². The van der Waals surface area contributed by atoms with Crippen LogP contribution in [0.1, 0.15) is 17.2 Å². The van der Waals surface area contributed by atoms with Crippen molar-refractivity contribution in [2.24, 2.45) is 0 Å². The summed E-state index contributed by atoms with van der Waals surface area (Å²) >= 11 is 0. The summed E-state index contributed by atoms with van der Waals surface area (Å²) in [6.07, 6.45) is 3.46. The average Bonchev–Trinajstić information content (AvgIpc) is 2.56. The number of rotatable bonds is 7. The molecule has 0 radical (unpaired) electrons. The second-order valence-electron chi connectivity index (χ2n) is 4.58. The van der Waals surface area contributed by atoms with Gasteiger partial charge >= 0.3 is 0 Å². The number of nitrogens with zero attached hydrogens (tertiary/aromatic N) is 1. The monoisotopic (exact) mass is 288 g/mol. The van der Waals surface area contributed by atoms with E-state index in [1.54, 1.807) is 26.6 Å². The topological polar surface area (TPSA) is 63.6 Å². The van der Waals surface area contributed by atoms with Gasteiger partial charge in [-0.1, -0.05) is 12.1 Å². The number of aromatic nitrogens is 1. The Balaban J connectivity index is 2.08. The highest BCUT2D eigenvalue weighted by molar-refractivity contribution is 5.40. The first-order chi connectivity index (χ1) is 10.3. The summed E-state index contributed by atoms with van der Waals surface area (Å²) < 4.78 is 10.5. The number of hydrogen-bond acceptors (Lipinski definition) is 5. The minimum Gasteiger partial charge on any atom is -0.497 e. The van der Waals surface area contributed by atoms with Crippen LogP contribution in [0, 0.1) is 0 Å². The lowest BCUT2D eigenvalue weighted by Gasteiger charge is -2.17. The van der Waals surface area contributed by atoms with Gasteiger partial charge in [-0.15, -0.1) is 0 Å². The summed E-state index contributed by atoms with van der Waals surface area (Å²) in [5.74, 6) is 1.51. The molecule has 0 aliphatic carbocycles. The lowest BCUT2D eigenvalue weighted by atomic mass is 10.1. The molecule has 1 heterocycles. The van der Waals surface area contributed by atoms with E-state index in [2.05, 4.69) is 10.3 Å². The maximum atomic E-state index is 9.52. The van der Waals surface area contributed by atoms with Crippen LogP contribution in [-0.2, 0) is 6.54 Å². The molecule has 21 heavy (non-hydrogen) atoms. The lowest BCUT2D eigenvalue weighted by Crippen LogP contribution is -2.24. The van der Waals surface area contributed by atoms with Crippen molar-refractivity contribution in [1.29, 1.82) is 0 Å². The molecule has 0 saturated heterocycles. The normalized spacial score (nSPS) is 12.0. The maximum absolute atomic E-state index is 9.52. The lowest BCUT2D eigenvalue weighted by molar-refractivity contribution is 0.243. The first-order valence-electron chi connectivity index (χ1n) is 6.73. The van der Waals surface area contributed by atoms with Crippen LogP contribution in [0.15, 0.2) is 42.7 Å². The Morgan fingerprint density at radius 2 is 2.10 bits per heavy atom. The summed E-state index contributed by atoms with van der Waals surface area (Å²) in [6.45, 7) is 0.581. The van der Waals surface area contributed by atoms with Crippen molar-refractivity contribution in [2.45, 2.75) is 12.6 Å². The zero-order valence-corrected chi connectivity index (χ0v) is 12.2. The number of ether oxygens (including phenoxy) is 2. The van der Waals surface area contributed by atoms with E-state index in [4.69, 9.17) is 9.47 Å². The molecular weight excluding hydrogens is 268 g/mol. The summed E-state index contributed by atoms with van der Waals surface area (Å²) in [7, 11) is 3.25. The number of nitrogens with one attached hydrogen (secondary N) is 1. The molecule has 5 heteroatoms. The molecule has 2 N–H and O–H groups in total. The number of aliphatic hydroxyl groups excluding tert-OH is 1. The number of hydrogen-bond donors (Lipinski definition) is 2. The number of benzene rings is 1. The van der Waals surface area contributed by atoms with Crippen molar-refractivity contribution in [3.05, 3.63) is 53.9 Å². The molecule has 0 amide bonds. The highest BCUT2D eigenvalue weighted by Gasteiger charge is 2.11. The van der Waals surface area contributed by atoms with E-state index in [1.807, 2.05) is 30.3 Å². The Labute approximate surface area is 124 Å². The van der Waals surface area contributed by atoms with Crippen LogP contribution in [0.5, 0.6) is 11.5 Å². The summed E-state index contributed by atoms with van der Waals surface area (Å²) in [5, 5.41) is 12.8. The van der Waals surface area contributed by atoms with E-state index >= 15 is 0 Å². The minimum absolute atomic E-state index is 0.00413. The quantitative estimate of drug-likeness (QED) is 0.815. The van der Waals surface area contributed by atoms with Gasteiger partial charge in [-0.3, -0.25) is 4.98 Å². The van der Waals surface area contributed by atoms with E-state index in [9.17, 15) is 5.11 Å². The molecule has 1 aromatic carbocycles. The van der Waals surface area contributed by atoms with Crippen LogP contribution in [0.25, 0.3) is 0 Å². The van der Waals surface area contributed by atoms with Crippen molar-refractivity contribution in [3.63, 3.8) is 0 Å². The smallest absolute Gasteiger partial charge is 0.127 e. The van der Waals surface area contributed by atoms with E-state index in [-0.39, 0.29) is 12.6 Å². The predicted molar refractivity (Wildman–Crippen MR) is 80.4 cm³/mol. The SMILES string of the molecule is COc1ccc(CNC(CO)c2cccnc2)c(OC)c1. The number of methoxy groups -OCH3 is 2. The van der Waals surface area contributed by atoms with Gasteiger partial charge in [0.05, 0.1) is 26.9 Å². The highest BCUT2D eigenvalue weighted by atomic mass is 16.5. The second-order valence-corrected chi connectivity index (χ2v) is 4.58. The maximum Gasteiger partial charge on any atom is 0.127 e. The van der Waals surface area contributed by atoms with Gasteiger partial charge in [0.2, 0.25) is 0 Å². The van der Waals surface area contributed by atoms with Gasteiger partial charge in [-0.25, -0.2) is 0 Å². The van der Waals surface area contributed by atoms with Gasteiger partial charge in [0.25, 0.3) is 0 Å². The molecule has 0 bridgehead atoms. The zero-order chi connectivity index (χ0) is 15.1. The van der Waals surface area contributed by atoms with Gasteiger partial charge in [-0.2, -0.15) is 0 Å². The van der Waals surface area contributed by atoms with Gasteiger partial charge in [0.1, 0.15) is 11.5 Å². The van der Waals surface area contributed by atoms with Crippen LogP contribution in [0.2, 0.25) is 0 Å². The summed E-state index contributed by atoms with van der Waals surface area (Å²) in [6, 6.07) is 9.31. The van der Waals surface area contributed by atoms with Gasteiger partial charge < -0.3 is 19.9 Å². The first-order valence-corrected chi connectivity index (χ1v) is 6.73. The van der Waals surface area contributed by atoms with E-state index in [0.29, 0.717) is 6.54 Å². The van der Waals surface area contributed by atoms with Crippen LogP contribution in [0.4, 0.5) is 0 Å². The van der Waals surface area contributed by atoms with Crippen molar-refractivity contribution < 1.29 is 14.6 Å². The third-order valence-electron chi connectivity index (χ3n) is 3.30. The Kier molecular flexibility index (Phi) is 5.54. The molecule has 112 valence electrons. The molecule has 1 aromatic heterocycles. The molecule has 0 saturated carbocycles. The number of pyridine rings is 1. The summed E-state index contributed by atoms with van der Waals surface area (Å²) in [4.78, 5) is 4.07. The Bertz CT molecular complexity index is 561. The van der Waals surface area contributed by atoms with Crippen molar-refractivity contribution >= 4 is 0 Å². The van der Waals surface area contributed by atoms with Crippen molar-refractivity contribution in [1.82, 2.24) is 10.3 Å². The highest BCUT2D eigenvalue weighted by Crippen LogP contribution is 2.25. The molecule has 1 unspecified atom stereocenters. The molecule has 0 aliphatic rings. The first kappa shape index (κ1) is 15.3. The Hall–Kier alpha value is -2.11. The minimum atomic E-state index is -0.162. The van der Waals surface area contributed by atoms with Crippen LogP contribution < -0.4 is 14.8 Å². The van der Waals surface area contributed by atoms with Crippen molar-refractivity contribution in [2.75, 3.05) is 20.8 Å². The van der Waals surface area contributed by atoms with Gasteiger partial charge in [-0.05, 0) is 17.7 Å². The molecule has 0 fully saturated rings. The molecule has 2 rings (SSSR count). The number of aliphatic hydroxyl groups is 1. The van der Waals surface area contributed by atoms with Crippen LogP contribution in [-0.4, -0.2) is 30.9 Å². The molecule has 1 atom stereocenters. The van der Waals surface area contributed by atoms with E-state index < -0.39 is 0 Å². The third-order valence-corrected chi connectivity index (χ3v) is 3.30. The fraction of sp³-hybridized carbons (Fsp3) is 0.312. The van der Waals surface area contributed by atoms with Gasteiger partial charge in [0.15, 0.2) is 0 Å². The largest absolute Gasteiger partial charge is 0.497 e. The summed E-state index contributed by atoms with van der Waals surface area (Å²) in [5.41, 5.74) is 1.95. The molecular formula is C16H20N2O3. The van der Waals surface area contributed by atoms with Crippen LogP contribution >= 0.6 is 0 Å². The Morgan fingerprint density at radius 1 is 1.24 bits per heavy atom.